The summed E-state index contributed by atoms with van der Waals surface area (Å²) in [6.45, 7) is 3.05. The molecule has 140 valence electrons. The number of carbonyl (C=O) groups is 1. The van der Waals surface area contributed by atoms with Crippen LogP contribution in [0.4, 0.5) is 0 Å². The summed E-state index contributed by atoms with van der Waals surface area (Å²) >= 11 is 0. The first kappa shape index (κ1) is 19.8. The summed E-state index contributed by atoms with van der Waals surface area (Å²) in [4.78, 5) is 11.6. The largest absolute Gasteiger partial charge is 0.508 e. The summed E-state index contributed by atoms with van der Waals surface area (Å²) in [5, 5.41) is 18.7. The third kappa shape index (κ3) is 6.38. The second-order valence-electron chi connectivity index (χ2n) is 6.03. The van der Waals surface area contributed by atoms with E-state index in [-0.39, 0.29) is 18.8 Å². The van der Waals surface area contributed by atoms with Crippen molar-refractivity contribution in [1.82, 2.24) is 0 Å². The standard InChI is InChI=1S/C20H24O6/c1-20(19(22)23,26-18-9-7-17(21)8-10-18)11-12-24-13-14-25-15-16-5-3-2-4-6-16/h2-10,21H,11-15H2,1H3,(H,22,23). The van der Waals surface area contributed by atoms with E-state index in [1.54, 1.807) is 0 Å². The smallest absolute Gasteiger partial charge is 0.347 e. The number of hydrogen-bond donors (Lipinski definition) is 2. The van der Waals surface area contributed by atoms with Gasteiger partial charge in [-0.15, -0.1) is 0 Å². The Kier molecular flexibility index (Phi) is 7.44. The fraction of sp³-hybridized carbons (Fsp3) is 0.350. The molecule has 0 bridgehead atoms. The minimum absolute atomic E-state index is 0.0909. The summed E-state index contributed by atoms with van der Waals surface area (Å²) in [6.07, 6.45) is 0.182. The molecule has 0 aromatic heterocycles. The molecule has 0 spiro atoms. The lowest BCUT2D eigenvalue weighted by atomic mass is 10.0. The SMILES string of the molecule is CC(CCOCCOCc1ccccc1)(Oc1ccc(O)cc1)C(=O)O. The number of rotatable bonds is 11. The Morgan fingerprint density at radius 2 is 1.62 bits per heavy atom. The van der Waals surface area contributed by atoms with Crippen molar-refractivity contribution in [1.29, 1.82) is 0 Å². The van der Waals surface area contributed by atoms with Gasteiger partial charge in [0.1, 0.15) is 11.5 Å². The molecule has 0 fully saturated rings. The molecule has 0 aliphatic heterocycles. The van der Waals surface area contributed by atoms with Crippen molar-refractivity contribution in [2.45, 2.75) is 25.6 Å². The van der Waals surface area contributed by atoms with Gasteiger partial charge in [0.15, 0.2) is 0 Å². The summed E-state index contributed by atoms with van der Waals surface area (Å²) in [5.41, 5.74) is -0.324. The van der Waals surface area contributed by atoms with Gasteiger partial charge in [-0.3, -0.25) is 0 Å². The normalized spacial score (nSPS) is 13.1. The molecule has 0 amide bonds. The number of phenols is 1. The first-order chi connectivity index (χ1) is 12.5. The van der Waals surface area contributed by atoms with E-state index in [1.807, 2.05) is 30.3 Å². The van der Waals surface area contributed by atoms with Crippen LogP contribution < -0.4 is 4.74 Å². The van der Waals surface area contributed by atoms with E-state index >= 15 is 0 Å². The maximum atomic E-state index is 11.6. The first-order valence-corrected chi connectivity index (χ1v) is 8.40. The van der Waals surface area contributed by atoms with Crippen molar-refractivity contribution >= 4 is 5.97 Å². The molecular formula is C20H24O6. The van der Waals surface area contributed by atoms with Crippen molar-refractivity contribution < 1.29 is 29.2 Å². The zero-order chi connectivity index (χ0) is 18.8. The molecular weight excluding hydrogens is 336 g/mol. The van der Waals surface area contributed by atoms with Gasteiger partial charge < -0.3 is 24.4 Å². The molecule has 2 aromatic rings. The van der Waals surface area contributed by atoms with Crippen LogP contribution in [0.25, 0.3) is 0 Å². The number of carboxylic acid groups (broad SMARTS) is 1. The van der Waals surface area contributed by atoms with E-state index in [0.29, 0.717) is 25.6 Å². The van der Waals surface area contributed by atoms with Crippen molar-refractivity contribution in [3.8, 4) is 11.5 Å². The quantitative estimate of drug-likeness (QED) is 0.599. The molecule has 0 saturated carbocycles. The highest BCUT2D eigenvalue weighted by atomic mass is 16.5. The average molecular weight is 360 g/mol. The molecule has 0 aliphatic rings. The van der Waals surface area contributed by atoms with Crippen LogP contribution >= 0.6 is 0 Å². The van der Waals surface area contributed by atoms with Crippen LogP contribution in [-0.4, -0.2) is 41.6 Å². The molecule has 6 nitrogen and oxygen atoms in total. The van der Waals surface area contributed by atoms with Gasteiger partial charge in [-0.2, -0.15) is 0 Å². The molecule has 0 radical (unpaired) electrons. The minimum Gasteiger partial charge on any atom is -0.508 e. The predicted molar refractivity (Wildman–Crippen MR) is 96.3 cm³/mol. The number of benzene rings is 2. The highest BCUT2D eigenvalue weighted by Crippen LogP contribution is 2.24. The number of ether oxygens (including phenoxy) is 3. The molecule has 2 rings (SSSR count). The fourth-order valence-electron chi connectivity index (χ4n) is 2.23. The Morgan fingerprint density at radius 3 is 2.27 bits per heavy atom. The summed E-state index contributed by atoms with van der Waals surface area (Å²) < 4.78 is 16.6. The van der Waals surface area contributed by atoms with Crippen LogP contribution in [0.3, 0.4) is 0 Å². The van der Waals surface area contributed by atoms with Crippen LogP contribution in [-0.2, 0) is 20.9 Å². The third-order valence-electron chi connectivity index (χ3n) is 3.84. The monoisotopic (exact) mass is 360 g/mol. The van der Waals surface area contributed by atoms with Gasteiger partial charge in [0.2, 0.25) is 5.60 Å². The lowest BCUT2D eigenvalue weighted by molar-refractivity contribution is -0.155. The number of hydrogen-bond acceptors (Lipinski definition) is 5. The van der Waals surface area contributed by atoms with Gasteiger partial charge in [0.05, 0.1) is 26.4 Å². The highest BCUT2D eigenvalue weighted by Gasteiger charge is 2.35. The van der Waals surface area contributed by atoms with Gasteiger partial charge in [-0.25, -0.2) is 4.79 Å². The minimum atomic E-state index is -1.41. The zero-order valence-electron chi connectivity index (χ0n) is 14.8. The van der Waals surface area contributed by atoms with Crippen LogP contribution in [0.2, 0.25) is 0 Å². The van der Waals surface area contributed by atoms with Gasteiger partial charge in [0.25, 0.3) is 0 Å². The van der Waals surface area contributed by atoms with Crippen molar-refractivity contribution in [2.75, 3.05) is 19.8 Å². The third-order valence-corrected chi connectivity index (χ3v) is 3.84. The molecule has 2 N–H and O–H groups in total. The maximum Gasteiger partial charge on any atom is 0.347 e. The van der Waals surface area contributed by atoms with Gasteiger partial charge in [-0.1, -0.05) is 30.3 Å². The molecule has 0 heterocycles. The Hall–Kier alpha value is -2.57. The molecule has 6 heteroatoms. The van der Waals surface area contributed by atoms with Crippen LogP contribution in [0, 0.1) is 0 Å². The van der Waals surface area contributed by atoms with Gasteiger partial charge in [-0.05, 0) is 36.8 Å². The number of phenolic OH excluding ortho intramolecular Hbond substituents is 1. The second kappa shape index (κ2) is 9.79. The van der Waals surface area contributed by atoms with Crippen LogP contribution in [0.1, 0.15) is 18.9 Å². The number of aromatic hydroxyl groups is 1. The van der Waals surface area contributed by atoms with E-state index < -0.39 is 11.6 Å². The maximum absolute atomic E-state index is 11.6. The topological polar surface area (TPSA) is 85.2 Å². The average Bonchev–Trinajstić information content (AvgIpc) is 2.63. The van der Waals surface area contributed by atoms with Crippen molar-refractivity contribution in [2.24, 2.45) is 0 Å². The van der Waals surface area contributed by atoms with Gasteiger partial charge in [0, 0.05) is 6.42 Å². The molecule has 26 heavy (non-hydrogen) atoms. The Bertz CT molecular complexity index is 670. The van der Waals surface area contributed by atoms with E-state index in [9.17, 15) is 15.0 Å². The lowest BCUT2D eigenvalue weighted by Crippen LogP contribution is -2.42. The van der Waals surface area contributed by atoms with E-state index in [4.69, 9.17) is 14.2 Å². The molecule has 1 atom stereocenters. The number of aliphatic carboxylic acids is 1. The second-order valence-corrected chi connectivity index (χ2v) is 6.03. The molecule has 0 aliphatic carbocycles. The Morgan fingerprint density at radius 1 is 0.962 bits per heavy atom. The summed E-state index contributed by atoms with van der Waals surface area (Å²) in [5.74, 6) is -0.610. The first-order valence-electron chi connectivity index (χ1n) is 8.40. The van der Waals surface area contributed by atoms with Gasteiger partial charge >= 0.3 is 5.97 Å². The zero-order valence-corrected chi connectivity index (χ0v) is 14.8. The van der Waals surface area contributed by atoms with E-state index in [1.165, 1.54) is 31.2 Å². The van der Waals surface area contributed by atoms with Crippen molar-refractivity contribution in [3.63, 3.8) is 0 Å². The lowest BCUT2D eigenvalue weighted by Gasteiger charge is -2.26. The highest BCUT2D eigenvalue weighted by molar-refractivity contribution is 5.77. The summed E-state index contributed by atoms with van der Waals surface area (Å²) in [6, 6.07) is 15.8. The number of carboxylic acids is 1. The molecule has 1 unspecified atom stereocenters. The summed E-state index contributed by atoms with van der Waals surface area (Å²) in [7, 11) is 0. The Balaban J connectivity index is 1.69. The van der Waals surface area contributed by atoms with Crippen LogP contribution in [0.5, 0.6) is 11.5 Å². The molecule has 0 saturated heterocycles. The fourth-order valence-corrected chi connectivity index (χ4v) is 2.23. The predicted octanol–water partition coefficient (Wildman–Crippen LogP) is 3.24. The van der Waals surface area contributed by atoms with E-state index in [2.05, 4.69) is 0 Å². The van der Waals surface area contributed by atoms with Crippen LogP contribution in [0.15, 0.2) is 54.6 Å². The van der Waals surface area contributed by atoms with E-state index in [0.717, 1.165) is 5.56 Å². The van der Waals surface area contributed by atoms with Crippen molar-refractivity contribution in [3.05, 3.63) is 60.2 Å². The molecule has 2 aromatic carbocycles. The Labute approximate surface area is 152 Å².